The van der Waals surface area contributed by atoms with Crippen LogP contribution >= 0.6 is 0 Å². The van der Waals surface area contributed by atoms with E-state index in [-0.39, 0.29) is 45.6 Å². The fraction of sp³-hybridized carbons (Fsp3) is 0.103. The first-order valence-electron chi connectivity index (χ1n) is 11.8. The normalized spacial score (nSPS) is 11.2. The second kappa shape index (κ2) is 12.5. The fourth-order valence-electron chi connectivity index (χ4n) is 3.74. The maximum absolute atomic E-state index is 13.1. The number of benzene rings is 4. The van der Waals surface area contributed by atoms with Gasteiger partial charge in [-0.05, 0) is 78.7 Å². The van der Waals surface area contributed by atoms with Crippen LogP contribution in [0.1, 0.15) is 37.4 Å². The second-order valence-electron chi connectivity index (χ2n) is 8.58. The molecule has 0 heterocycles. The van der Waals surface area contributed by atoms with Crippen molar-refractivity contribution in [3.8, 4) is 11.5 Å². The lowest BCUT2D eigenvalue weighted by molar-refractivity contribution is -0.253. The molecule has 0 amide bonds. The van der Waals surface area contributed by atoms with E-state index in [1.807, 2.05) is 0 Å². The average molecular weight is 565 g/mol. The van der Waals surface area contributed by atoms with Crippen LogP contribution in [0.15, 0.2) is 101 Å². The average Bonchev–Trinajstić information content (AvgIpc) is 2.94. The van der Waals surface area contributed by atoms with Crippen molar-refractivity contribution < 1.29 is 47.8 Å². The molecule has 0 saturated heterocycles. The van der Waals surface area contributed by atoms with E-state index in [2.05, 4.69) is 4.89 Å². The van der Waals surface area contributed by atoms with Gasteiger partial charge >= 0.3 is 11.9 Å². The summed E-state index contributed by atoms with van der Waals surface area (Å²) in [5.41, 5.74) is 1.82. The van der Waals surface area contributed by atoms with E-state index in [1.54, 1.807) is 37.3 Å². The van der Waals surface area contributed by atoms with Crippen LogP contribution in [-0.2, 0) is 32.8 Å². The van der Waals surface area contributed by atoms with Crippen LogP contribution in [0.5, 0.6) is 11.5 Å². The minimum atomic E-state index is -3.90. The molecule has 206 valence electrons. The van der Waals surface area contributed by atoms with E-state index in [4.69, 9.17) is 19.8 Å². The van der Waals surface area contributed by atoms with E-state index < -0.39 is 21.8 Å². The Morgan fingerprint density at radius 3 is 1.90 bits per heavy atom. The van der Waals surface area contributed by atoms with Crippen molar-refractivity contribution in [2.75, 3.05) is 0 Å². The summed E-state index contributed by atoms with van der Waals surface area (Å²) in [4.78, 5) is 38.7. The molecule has 0 spiro atoms. The minimum absolute atomic E-state index is 0.000732. The Balaban J connectivity index is 1.39. The third-order valence-electron chi connectivity index (χ3n) is 5.81. The van der Waals surface area contributed by atoms with Gasteiger partial charge in [0, 0.05) is 0 Å². The Hall–Kier alpha value is -4.55. The number of carbonyl (C=O) groups is 2. The zero-order chi connectivity index (χ0) is 28.7. The molecule has 10 nitrogen and oxygen atoms in total. The number of esters is 1. The van der Waals surface area contributed by atoms with Crippen LogP contribution in [-0.4, -0.2) is 30.7 Å². The van der Waals surface area contributed by atoms with Crippen molar-refractivity contribution >= 4 is 21.8 Å². The molecule has 11 heteroatoms. The minimum Gasteiger partial charge on any atom is -0.478 e. The van der Waals surface area contributed by atoms with Crippen LogP contribution in [0, 0.1) is 6.92 Å². The summed E-state index contributed by atoms with van der Waals surface area (Å²) in [6.07, 6.45) is 0. The zero-order valence-corrected chi connectivity index (χ0v) is 22.0. The first-order chi connectivity index (χ1) is 19.2. The molecule has 0 saturated carbocycles. The molecule has 4 rings (SSSR count). The third kappa shape index (κ3) is 6.71. The Morgan fingerprint density at radius 1 is 0.750 bits per heavy atom. The lowest BCUT2D eigenvalue weighted by atomic mass is 10.0. The number of carboxylic acids is 1. The lowest BCUT2D eigenvalue weighted by Crippen LogP contribution is -2.14. The van der Waals surface area contributed by atoms with Crippen molar-refractivity contribution in [1.29, 1.82) is 0 Å². The van der Waals surface area contributed by atoms with E-state index in [0.717, 1.165) is 11.1 Å². The van der Waals surface area contributed by atoms with Gasteiger partial charge in [-0.1, -0.05) is 35.9 Å². The van der Waals surface area contributed by atoms with Gasteiger partial charge in [0.1, 0.15) is 19.0 Å². The van der Waals surface area contributed by atoms with E-state index in [9.17, 15) is 23.1 Å². The van der Waals surface area contributed by atoms with E-state index in [0.29, 0.717) is 5.56 Å². The number of hydrogen-bond donors (Lipinski definition) is 2. The maximum Gasteiger partial charge on any atom is 0.344 e. The van der Waals surface area contributed by atoms with Crippen LogP contribution < -0.4 is 9.62 Å². The van der Waals surface area contributed by atoms with Gasteiger partial charge in [-0.2, -0.15) is 4.89 Å². The smallest absolute Gasteiger partial charge is 0.344 e. The lowest BCUT2D eigenvalue weighted by Gasteiger charge is -2.10. The van der Waals surface area contributed by atoms with Gasteiger partial charge in [0.05, 0.1) is 20.9 Å². The Morgan fingerprint density at radius 2 is 1.32 bits per heavy atom. The zero-order valence-electron chi connectivity index (χ0n) is 21.1. The van der Waals surface area contributed by atoms with E-state index >= 15 is 0 Å². The van der Waals surface area contributed by atoms with Gasteiger partial charge in [-0.15, -0.1) is 0 Å². The monoisotopic (exact) mass is 564 g/mol. The first-order valence-corrected chi connectivity index (χ1v) is 13.3. The summed E-state index contributed by atoms with van der Waals surface area (Å²) >= 11 is 0. The Kier molecular flexibility index (Phi) is 8.92. The molecule has 4 aromatic carbocycles. The number of carbonyl (C=O) groups excluding carboxylic acids is 1. The number of ether oxygens (including phenoxy) is 1. The molecule has 0 aliphatic heterocycles. The molecule has 0 unspecified atom stereocenters. The van der Waals surface area contributed by atoms with Gasteiger partial charge < -0.3 is 14.7 Å². The molecule has 0 radical (unpaired) electrons. The number of aromatic carboxylic acids is 1. The van der Waals surface area contributed by atoms with Gasteiger partial charge in [-0.3, -0.25) is 5.26 Å². The van der Waals surface area contributed by atoms with Gasteiger partial charge in [-0.25, -0.2) is 22.9 Å². The van der Waals surface area contributed by atoms with Gasteiger partial charge in [0.15, 0.2) is 5.75 Å². The quantitative estimate of drug-likeness (QED) is 0.107. The van der Waals surface area contributed by atoms with E-state index in [1.165, 1.54) is 60.7 Å². The fourth-order valence-corrected chi connectivity index (χ4v) is 5.00. The van der Waals surface area contributed by atoms with Crippen LogP contribution in [0.25, 0.3) is 0 Å². The van der Waals surface area contributed by atoms with Crippen molar-refractivity contribution in [3.63, 3.8) is 0 Å². The highest BCUT2D eigenvalue weighted by molar-refractivity contribution is 7.91. The molecule has 0 aliphatic carbocycles. The molecule has 0 fully saturated rings. The predicted octanol–water partition coefficient (Wildman–Crippen LogP) is 5.25. The Labute approximate surface area is 229 Å². The largest absolute Gasteiger partial charge is 0.478 e. The van der Waals surface area contributed by atoms with Crippen molar-refractivity contribution in [3.05, 3.63) is 119 Å². The summed E-state index contributed by atoms with van der Waals surface area (Å²) in [7, 11) is -3.90. The molecular formula is C29H24O10S. The van der Waals surface area contributed by atoms with Crippen LogP contribution in [0.3, 0.4) is 0 Å². The number of rotatable bonds is 11. The number of aryl methyl sites for hydroxylation is 1. The highest BCUT2D eigenvalue weighted by Crippen LogP contribution is 2.26. The SMILES string of the molecule is Cc1ccc(C(=O)Oc2ccc(S(=O)(=O)c3ccc(OOCc4ccccc4COO)cc3)cc2)c(C(=O)O)c1. The number of hydrogen-bond acceptors (Lipinski definition) is 9. The summed E-state index contributed by atoms with van der Waals surface area (Å²) in [6.45, 7) is 1.76. The molecule has 4 aromatic rings. The molecule has 0 atom stereocenters. The van der Waals surface area contributed by atoms with Gasteiger partial charge in [0.2, 0.25) is 9.84 Å². The van der Waals surface area contributed by atoms with Crippen molar-refractivity contribution in [2.24, 2.45) is 0 Å². The Bertz CT molecular complexity index is 1610. The summed E-state index contributed by atoms with van der Waals surface area (Å²) < 4.78 is 31.4. The van der Waals surface area contributed by atoms with Gasteiger partial charge in [0.25, 0.3) is 0 Å². The maximum atomic E-state index is 13.1. The number of carboxylic acid groups (broad SMARTS) is 1. The van der Waals surface area contributed by atoms with Crippen molar-refractivity contribution in [1.82, 2.24) is 0 Å². The highest BCUT2D eigenvalue weighted by Gasteiger charge is 2.21. The molecule has 0 aromatic heterocycles. The van der Waals surface area contributed by atoms with Crippen LogP contribution in [0.4, 0.5) is 0 Å². The molecule has 0 aliphatic rings. The third-order valence-corrected chi connectivity index (χ3v) is 7.60. The molecule has 2 N–H and O–H groups in total. The second-order valence-corrected chi connectivity index (χ2v) is 10.5. The molecular weight excluding hydrogens is 540 g/mol. The topological polar surface area (TPSA) is 146 Å². The standard InChI is InChI=1S/C29H24O10S/c1-19-6-15-26(27(16-19)28(30)31)29(32)38-22-7-11-24(12-8-22)40(34,35)25-13-9-23(10-14-25)39-37-18-21-5-3-2-4-20(21)17-36-33/h2-16,33H,17-18H2,1H3,(H,30,31). The molecule has 40 heavy (non-hydrogen) atoms. The summed E-state index contributed by atoms with van der Waals surface area (Å²) in [6, 6.07) is 22.3. The summed E-state index contributed by atoms with van der Waals surface area (Å²) in [5, 5.41) is 18.1. The van der Waals surface area contributed by atoms with Crippen LogP contribution in [0.2, 0.25) is 0 Å². The number of sulfone groups is 1. The first kappa shape index (κ1) is 28.5. The predicted molar refractivity (Wildman–Crippen MR) is 141 cm³/mol. The summed E-state index contributed by atoms with van der Waals surface area (Å²) in [5.74, 6) is -1.82. The van der Waals surface area contributed by atoms with Crippen molar-refractivity contribution in [2.45, 2.75) is 29.9 Å². The highest BCUT2D eigenvalue weighted by atomic mass is 32.2. The molecule has 0 bridgehead atoms.